The SMILES string of the molecule is C=CCS(=O)C/C=C/S(=O)CCCCC. The van der Waals surface area contributed by atoms with Crippen LogP contribution in [0.3, 0.4) is 0 Å². The molecule has 0 aromatic rings. The molecule has 0 aliphatic heterocycles. The van der Waals surface area contributed by atoms with Gasteiger partial charge < -0.3 is 0 Å². The van der Waals surface area contributed by atoms with Gasteiger partial charge >= 0.3 is 0 Å². The van der Waals surface area contributed by atoms with Crippen LogP contribution in [0.25, 0.3) is 0 Å². The van der Waals surface area contributed by atoms with E-state index in [9.17, 15) is 8.42 Å². The lowest BCUT2D eigenvalue weighted by Gasteiger charge is -1.95. The van der Waals surface area contributed by atoms with Crippen LogP contribution < -0.4 is 0 Å². The molecule has 0 amide bonds. The Morgan fingerprint density at radius 1 is 1.20 bits per heavy atom. The van der Waals surface area contributed by atoms with Gasteiger partial charge in [-0.15, -0.1) is 6.58 Å². The zero-order valence-corrected chi connectivity index (χ0v) is 10.9. The van der Waals surface area contributed by atoms with E-state index in [-0.39, 0.29) is 0 Å². The van der Waals surface area contributed by atoms with Gasteiger partial charge in [0, 0.05) is 38.9 Å². The van der Waals surface area contributed by atoms with E-state index in [1.165, 1.54) is 0 Å². The maximum Gasteiger partial charge on any atom is 0.0453 e. The number of rotatable bonds is 9. The molecule has 0 aromatic carbocycles. The van der Waals surface area contributed by atoms with Crippen molar-refractivity contribution < 1.29 is 8.42 Å². The molecule has 0 fully saturated rings. The van der Waals surface area contributed by atoms with E-state index >= 15 is 0 Å². The minimum Gasteiger partial charge on any atom is -0.259 e. The third-order valence-electron chi connectivity index (χ3n) is 1.78. The summed E-state index contributed by atoms with van der Waals surface area (Å²) in [5, 5.41) is 1.66. The Hall–Kier alpha value is -0.220. The molecular weight excluding hydrogens is 228 g/mol. The third-order valence-corrected chi connectivity index (χ3v) is 4.14. The van der Waals surface area contributed by atoms with Crippen LogP contribution in [0.2, 0.25) is 0 Å². The number of hydrogen-bond acceptors (Lipinski definition) is 2. The highest BCUT2D eigenvalue weighted by molar-refractivity contribution is 7.88. The Morgan fingerprint density at radius 3 is 2.53 bits per heavy atom. The summed E-state index contributed by atoms with van der Waals surface area (Å²) < 4.78 is 22.5. The van der Waals surface area contributed by atoms with Gasteiger partial charge in [0.05, 0.1) is 0 Å². The first-order valence-corrected chi connectivity index (χ1v) is 8.07. The second-order valence-electron chi connectivity index (χ2n) is 3.23. The van der Waals surface area contributed by atoms with Gasteiger partial charge in [-0.2, -0.15) is 0 Å². The van der Waals surface area contributed by atoms with Gasteiger partial charge in [0.1, 0.15) is 0 Å². The van der Waals surface area contributed by atoms with E-state index in [0.29, 0.717) is 11.5 Å². The van der Waals surface area contributed by atoms with Gasteiger partial charge in [-0.3, -0.25) is 8.42 Å². The maximum atomic E-state index is 11.4. The van der Waals surface area contributed by atoms with Crippen molar-refractivity contribution in [2.45, 2.75) is 26.2 Å². The molecule has 88 valence electrons. The molecule has 0 bridgehead atoms. The van der Waals surface area contributed by atoms with Crippen LogP contribution in [0, 0.1) is 0 Å². The standard InChI is InChI=1S/C11H20O2S2/c1-3-5-6-9-15(13)11-7-10-14(12)8-4-2/h4,7,11H,2-3,5-6,8-10H2,1H3/b11-7+. The molecule has 0 aromatic heterocycles. The highest BCUT2D eigenvalue weighted by Gasteiger charge is 1.95. The van der Waals surface area contributed by atoms with Crippen molar-refractivity contribution >= 4 is 21.6 Å². The summed E-state index contributed by atoms with van der Waals surface area (Å²) in [7, 11) is -1.77. The predicted molar refractivity (Wildman–Crippen MR) is 69.7 cm³/mol. The fourth-order valence-corrected chi connectivity index (χ4v) is 2.78. The van der Waals surface area contributed by atoms with Crippen LogP contribution in [-0.4, -0.2) is 25.7 Å². The van der Waals surface area contributed by atoms with Crippen molar-refractivity contribution in [3.63, 3.8) is 0 Å². The summed E-state index contributed by atoms with van der Waals surface area (Å²) >= 11 is 0. The van der Waals surface area contributed by atoms with Gasteiger partial charge in [-0.25, -0.2) is 0 Å². The monoisotopic (exact) mass is 248 g/mol. The zero-order chi connectivity index (χ0) is 11.5. The van der Waals surface area contributed by atoms with Crippen molar-refractivity contribution in [2.24, 2.45) is 0 Å². The fourth-order valence-electron chi connectivity index (χ4n) is 1.02. The molecule has 15 heavy (non-hydrogen) atoms. The van der Waals surface area contributed by atoms with E-state index in [1.54, 1.807) is 17.6 Å². The van der Waals surface area contributed by atoms with E-state index in [1.807, 2.05) is 0 Å². The molecule has 0 N–H and O–H groups in total. The highest BCUT2D eigenvalue weighted by atomic mass is 32.2. The smallest absolute Gasteiger partial charge is 0.0453 e. The maximum absolute atomic E-state index is 11.4. The highest BCUT2D eigenvalue weighted by Crippen LogP contribution is 1.97. The van der Waals surface area contributed by atoms with Crippen LogP contribution in [0.4, 0.5) is 0 Å². The summed E-state index contributed by atoms with van der Waals surface area (Å²) in [5.41, 5.74) is 0. The summed E-state index contributed by atoms with van der Waals surface area (Å²) in [4.78, 5) is 0. The van der Waals surface area contributed by atoms with Crippen LogP contribution in [0.5, 0.6) is 0 Å². The average Bonchev–Trinajstić information content (AvgIpc) is 2.18. The Balaban J connectivity index is 3.62. The molecule has 0 aliphatic carbocycles. The molecule has 0 heterocycles. The van der Waals surface area contributed by atoms with E-state index in [2.05, 4.69) is 13.5 Å². The first-order chi connectivity index (χ1) is 7.20. The second-order valence-corrected chi connectivity index (χ2v) is 6.21. The van der Waals surface area contributed by atoms with Crippen LogP contribution in [0.15, 0.2) is 24.1 Å². The topological polar surface area (TPSA) is 34.1 Å². The molecule has 2 nitrogen and oxygen atoms in total. The molecular formula is C11H20O2S2. The molecule has 0 rings (SSSR count). The van der Waals surface area contributed by atoms with Gasteiger partial charge in [0.15, 0.2) is 0 Å². The molecule has 2 unspecified atom stereocenters. The summed E-state index contributed by atoms with van der Waals surface area (Å²) in [6.45, 7) is 5.64. The lowest BCUT2D eigenvalue weighted by atomic mass is 10.3. The molecule has 0 spiro atoms. The van der Waals surface area contributed by atoms with Crippen LogP contribution in [0.1, 0.15) is 26.2 Å². The number of hydrogen-bond donors (Lipinski definition) is 0. The Kier molecular flexibility index (Phi) is 10.2. The van der Waals surface area contributed by atoms with Crippen LogP contribution >= 0.6 is 0 Å². The van der Waals surface area contributed by atoms with Crippen molar-refractivity contribution in [1.29, 1.82) is 0 Å². The number of unbranched alkanes of at least 4 members (excludes halogenated alkanes) is 2. The van der Waals surface area contributed by atoms with E-state index in [0.717, 1.165) is 25.0 Å². The Labute approximate surface area is 97.8 Å². The van der Waals surface area contributed by atoms with Gasteiger partial charge in [0.2, 0.25) is 0 Å². The quantitative estimate of drug-likeness (QED) is 0.464. The lowest BCUT2D eigenvalue weighted by molar-refractivity contribution is 0.681. The third kappa shape index (κ3) is 10.1. The fraction of sp³-hybridized carbons (Fsp3) is 0.636. The Morgan fingerprint density at radius 2 is 1.93 bits per heavy atom. The minimum atomic E-state index is -0.883. The van der Waals surface area contributed by atoms with E-state index < -0.39 is 21.6 Å². The van der Waals surface area contributed by atoms with Crippen molar-refractivity contribution in [3.05, 3.63) is 24.1 Å². The van der Waals surface area contributed by atoms with Crippen LogP contribution in [-0.2, 0) is 21.6 Å². The first kappa shape index (κ1) is 14.8. The largest absolute Gasteiger partial charge is 0.259 e. The Bertz CT molecular complexity index is 247. The molecule has 2 atom stereocenters. The summed E-state index contributed by atoms with van der Waals surface area (Å²) in [6, 6.07) is 0. The zero-order valence-electron chi connectivity index (χ0n) is 9.31. The molecule has 0 saturated heterocycles. The van der Waals surface area contributed by atoms with Gasteiger partial charge in [0.25, 0.3) is 0 Å². The molecule has 4 heteroatoms. The van der Waals surface area contributed by atoms with Gasteiger partial charge in [-0.05, 0) is 11.8 Å². The summed E-state index contributed by atoms with van der Waals surface area (Å²) in [6.07, 6.45) is 6.67. The normalized spacial score (nSPS) is 15.3. The van der Waals surface area contributed by atoms with Crippen molar-refractivity contribution in [3.8, 4) is 0 Å². The summed E-state index contributed by atoms with van der Waals surface area (Å²) in [5.74, 6) is 1.71. The van der Waals surface area contributed by atoms with Crippen molar-refractivity contribution in [2.75, 3.05) is 17.3 Å². The molecule has 0 aliphatic rings. The van der Waals surface area contributed by atoms with E-state index in [4.69, 9.17) is 0 Å². The predicted octanol–water partition coefficient (Wildman–Crippen LogP) is 2.37. The average molecular weight is 248 g/mol. The second kappa shape index (κ2) is 10.3. The molecule has 0 saturated carbocycles. The lowest BCUT2D eigenvalue weighted by Crippen LogP contribution is -1.98. The molecule has 0 radical (unpaired) electrons. The minimum absolute atomic E-state index is 0.478. The van der Waals surface area contributed by atoms with Crippen molar-refractivity contribution in [1.82, 2.24) is 0 Å². The first-order valence-electron chi connectivity index (χ1n) is 5.20. The van der Waals surface area contributed by atoms with Gasteiger partial charge in [-0.1, -0.05) is 31.9 Å².